The third-order valence-electron chi connectivity index (χ3n) is 5.58. The highest BCUT2D eigenvalue weighted by Crippen LogP contribution is 2.31. The Morgan fingerprint density at radius 3 is 2.77 bits per heavy atom. The maximum Gasteiger partial charge on any atom is 0.191 e. The molecule has 2 aliphatic heterocycles. The summed E-state index contributed by atoms with van der Waals surface area (Å²) in [4.78, 5) is 7.40. The number of guanidine groups is 1. The van der Waals surface area contributed by atoms with E-state index in [9.17, 15) is 0 Å². The summed E-state index contributed by atoms with van der Waals surface area (Å²) in [5, 5.41) is 7.02. The molecule has 0 spiro atoms. The van der Waals surface area contributed by atoms with E-state index in [4.69, 9.17) is 9.73 Å². The first kappa shape index (κ1) is 19.0. The minimum atomic E-state index is 0.269. The molecule has 1 atom stereocenters. The predicted octanol–water partition coefficient (Wildman–Crippen LogP) is 3.19. The van der Waals surface area contributed by atoms with E-state index < -0.39 is 0 Å². The van der Waals surface area contributed by atoms with Crippen LogP contribution in [0.3, 0.4) is 0 Å². The maximum atomic E-state index is 5.77. The molecule has 2 heterocycles. The van der Waals surface area contributed by atoms with Crippen molar-refractivity contribution >= 4 is 5.96 Å². The van der Waals surface area contributed by atoms with Gasteiger partial charge in [-0.3, -0.25) is 4.99 Å². The van der Waals surface area contributed by atoms with Crippen molar-refractivity contribution in [3.63, 3.8) is 0 Å². The van der Waals surface area contributed by atoms with Crippen molar-refractivity contribution in [1.82, 2.24) is 15.5 Å². The smallest absolute Gasteiger partial charge is 0.191 e. The van der Waals surface area contributed by atoms with Crippen LogP contribution in [-0.2, 0) is 0 Å². The number of likely N-dealkylation sites (tertiary alicyclic amines) is 1. The molecular formula is C21H34N4O. The Bertz CT molecular complexity index is 581. The van der Waals surface area contributed by atoms with E-state index in [1.54, 1.807) is 0 Å². The first-order valence-corrected chi connectivity index (χ1v) is 10.3. The van der Waals surface area contributed by atoms with Gasteiger partial charge in [-0.15, -0.1) is 0 Å². The molecule has 2 aliphatic rings. The van der Waals surface area contributed by atoms with Crippen molar-refractivity contribution in [2.75, 3.05) is 39.3 Å². The van der Waals surface area contributed by atoms with E-state index in [2.05, 4.69) is 47.6 Å². The molecule has 1 aromatic rings. The Morgan fingerprint density at radius 2 is 2.00 bits per heavy atom. The number of hydrogen-bond acceptors (Lipinski definition) is 3. The zero-order chi connectivity index (χ0) is 18.2. The van der Waals surface area contributed by atoms with E-state index in [0.717, 1.165) is 43.7 Å². The number of aliphatic imine (C=N–C) groups is 1. The molecule has 0 aliphatic carbocycles. The summed E-state index contributed by atoms with van der Waals surface area (Å²) in [5.74, 6) is 2.75. The number of nitrogens with zero attached hydrogens (tertiary/aromatic N) is 2. The first-order chi connectivity index (χ1) is 12.8. The molecule has 0 saturated carbocycles. The van der Waals surface area contributed by atoms with E-state index >= 15 is 0 Å². The summed E-state index contributed by atoms with van der Waals surface area (Å²) in [6.45, 7) is 10.6. The molecule has 2 N–H and O–H groups in total. The fourth-order valence-corrected chi connectivity index (χ4v) is 3.93. The van der Waals surface area contributed by atoms with Crippen molar-refractivity contribution in [3.05, 3.63) is 29.8 Å². The summed E-state index contributed by atoms with van der Waals surface area (Å²) in [5.41, 5.74) is 1.23. The minimum absolute atomic E-state index is 0.269. The van der Waals surface area contributed by atoms with Gasteiger partial charge in [0, 0.05) is 25.1 Å². The van der Waals surface area contributed by atoms with Crippen LogP contribution >= 0.6 is 0 Å². The normalized spacial score (nSPS) is 21.8. The van der Waals surface area contributed by atoms with Gasteiger partial charge in [0.2, 0.25) is 0 Å². The van der Waals surface area contributed by atoms with Crippen molar-refractivity contribution in [3.8, 4) is 5.75 Å². The van der Waals surface area contributed by atoms with E-state index in [-0.39, 0.29) is 6.04 Å². The van der Waals surface area contributed by atoms with Crippen molar-refractivity contribution in [2.45, 2.75) is 45.6 Å². The second-order valence-electron chi connectivity index (χ2n) is 7.30. The Labute approximate surface area is 158 Å². The van der Waals surface area contributed by atoms with Gasteiger partial charge in [-0.05, 0) is 57.8 Å². The molecule has 5 heteroatoms. The van der Waals surface area contributed by atoms with Gasteiger partial charge in [0.25, 0.3) is 0 Å². The van der Waals surface area contributed by atoms with Crippen LogP contribution in [0.2, 0.25) is 0 Å². The Balaban J connectivity index is 1.53. The standard InChI is InChI=1S/C21H34N4O/c1-3-22-21(23-13-9-17-10-14-25(4-2)15-11-17)24-19-12-16-26-20-8-6-5-7-18(19)20/h5-8,17,19H,3-4,9-16H2,1-2H3,(H2,22,23,24). The quantitative estimate of drug-likeness (QED) is 0.606. The number of benzene rings is 1. The van der Waals surface area contributed by atoms with E-state index in [1.165, 1.54) is 44.5 Å². The van der Waals surface area contributed by atoms with Gasteiger partial charge in [-0.1, -0.05) is 25.1 Å². The van der Waals surface area contributed by atoms with Crippen LogP contribution in [0.1, 0.15) is 51.1 Å². The van der Waals surface area contributed by atoms with Gasteiger partial charge in [0.15, 0.2) is 5.96 Å². The summed E-state index contributed by atoms with van der Waals surface area (Å²) in [6, 6.07) is 8.58. The molecule has 1 aromatic carbocycles. The predicted molar refractivity (Wildman–Crippen MR) is 108 cm³/mol. The number of nitrogens with one attached hydrogen (secondary N) is 2. The zero-order valence-corrected chi connectivity index (χ0v) is 16.3. The molecule has 0 amide bonds. The fourth-order valence-electron chi connectivity index (χ4n) is 3.93. The summed E-state index contributed by atoms with van der Waals surface area (Å²) in [7, 11) is 0. The molecule has 0 radical (unpaired) electrons. The fraction of sp³-hybridized carbons (Fsp3) is 0.667. The molecule has 3 rings (SSSR count). The van der Waals surface area contributed by atoms with Gasteiger partial charge >= 0.3 is 0 Å². The van der Waals surface area contributed by atoms with Gasteiger partial charge < -0.3 is 20.3 Å². The van der Waals surface area contributed by atoms with Crippen LogP contribution in [0.4, 0.5) is 0 Å². The maximum absolute atomic E-state index is 5.77. The molecular weight excluding hydrogens is 324 g/mol. The summed E-state index contributed by atoms with van der Waals surface area (Å²) >= 11 is 0. The Morgan fingerprint density at radius 1 is 1.19 bits per heavy atom. The van der Waals surface area contributed by atoms with Crippen molar-refractivity contribution in [2.24, 2.45) is 10.9 Å². The second kappa shape index (κ2) is 9.81. The number of ether oxygens (including phenoxy) is 1. The third-order valence-corrected chi connectivity index (χ3v) is 5.58. The van der Waals surface area contributed by atoms with Crippen LogP contribution in [0.25, 0.3) is 0 Å². The number of hydrogen-bond donors (Lipinski definition) is 2. The first-order valence-electron chi connectivity index (χ1n) is 10.3. The van der Waals surface area contributed by atoms with Gasteiger partial charge in [0.1, 0.15) is 5.75 Å². The lowest BCUT2D eigenvalue weighted by Crippen LogP contribution is -2.41. The molecule has 1 fully saturated rings. The molecule has 1 unspecified atom stereocenters. The van der Waals surface area contributed by atoms with Crippen LogP contribution in [-0.4, -0.2) is 50.2 Å². The third kappa shape index (κ3) is 5.13. The number of rotatable bonds is 6. The van der Waals surface area contributed by atoms with Crippen LogP contribution in [0.5, 0.6) is 5.75 Å². The zero-order valence-electron chi connectivity index (χ0n) is 16.3. The van der Waals surface area contributed by atoms with Gasteiger partial charge in [-0.25, -0.2) is 0 Å². The Hall–Kier alpha value is -1.75. The SMILES string of the molecule is CCNC(=NCCC1CCN(CC)CC1)NC1CCOc2ccccc21. The highest BCUT2D eigenvalue weighted by Gasteiger charge is 2.22. The molecule has 0 aromatic heterocycles. The molecule has 1 saturated heterocycles. The molecule has 144 valence electrons. The average molecular weight is 359 g/mol. The minimum Gasteiger partial charge on any atom is -0.493 e. The van der Waals surface area contributed by atoms with Gasteiger partial charge in [-0.2, -0.15) is 0 Å². The number of fused-ring (bicyclic) bond motifs is 1. The second-order valence-corrected chi connectivity index (χ2v) is 7.30. The summed E-state index contributed by atoms with van der Waals surface area (Å²) < 4.78 is 5.77. The topological polar surface area (TPSA) is 48.9 Å². The number of piperidine rings is 1. The van der Waals surface area contributed by atoms with E-state index in [1.807, 2.05) is 6.07 Å². The largest absolute Gasteiger partial charge is 0.493 e. The number of para-hydroxylation sites is 1. The van der Waals surface area contributed by atoms with Crippen LogP contribution in [0, 0.1) is 5.92 Å². The Kier molecular flexibility index (Phi) is 7.18. The van der Waals surface area contributed by atoms with Crippen LogP contribution in [0.15, 0.2) is 29.3 Å². The van der Waals surface area contributed by atoms with Crippen molar-refractivity contribution in [1.29, 1.82) is 0 Å². The van der Waals surface area contributed by atoms with Crippen molar-refractivity contribution < 1.29 is 4.74 Å². The van der Waals surface area contributed by atoms with Gasteiger partial charge in [0.05, 0.1) is 12.6 Å². The molecule has 26 heavy (non-hydrogen) atoms. The molecule has 5 nitrogen and oxygen atoms in total. The lowest BCUT2D eigenvalue weighted by molar-refractivity contribution is 0.188. The summed E-state index contributed by atoms with van der Waals surface area (Å²) in [6.07, 6.45) is 4.80. The van der Waals surface area contributed by atoms with E-state index in [0.29, 0.717) is 0 Å². The highest BCUT2D eigenvalue weighted by molar-refractivity contribution is 5.80. The lowest BCUT2D eigenvalue weighted by atomic mass is 9.94. The highest BCUT2D eigenvalue weighted by atomic mass is 16.5. The average Bonchev–Trinajstić information content (AvgIpc) is 2.69. The van der Waals surface area contributed by atoms with Crippen LogP contribution < -0.4 is 15.4 Å². The lowest BCUT2D eigenvalue weighted by Gasteiger charge is -2.31. The molecule has 0 bridgehead atoms. The monoisotopic (exact) mass is 358 g/mol.